The van der Waals surface area contributed by atoms with Crippen molar-refractivity contribution in [2.75, 3.05) is 13.2 Å². The smallest absolute Gasteiger partial charge is 0.267 e. The van der Waals surface area contributed by atoms with Gasteiger partial charge in [0.1, 0.15) is 16.8 Å². The van der Waals surface area contributed by atoms with Gasteiger partial charge >= 0.3 is 0 Å². The molecule has 1 aliphatic carbocycles. The van der Waals surface area contributed by atoms with Crippen molar-refractivity contribution in [3.8, 4) is 0 Å². The third kappa shape index (κ3) is 3.54. The Balaban J connectivity index is 1.68. The van der Waals surface area contributed by atoms with Crippen molar-refractivity contribution in [1.29, 1.82) is 5.41 Å². The van der Waals surface area contributed by atoms with Crippen LogP contribution in [0.15, 0.2) is 29.2 Å². The Hall–Kier alpha value is -3.00. The minimum absolute atomic E-state index is 0.0137. The molecule has 2 N–H and O–H groups in total. The van der Waals surface area contributed by atoms with Crippen LogP contribution in [0.4, 0.5) is 0 Å². The van der Waals surface area contributed by atoms with Gasteiger partial charge in [-0.15, -0.1) is 0 Å². The van der Waals surface area contributed by atoms with Crippen molar-refractivity contribution >= 4 is 22.6 Å². The van der Waals surface area contributed by atoms with Crippen molar-refractivity contribution in [3.05, 3.63) is 51.4 Å². The van der Waals surface area contributed by atoms with E-state index >= 15 is 0 Å². The summed E-state index contributed by atoms with van der Waals surface area (Å²) < 4.78 is 8.93. The molecule has 1 saturated heterocycles. The van der Waals surface area contributed by atoms with Crippen LogP contribution in [-0.4, -0.2) is 39.1 Å². The van der Waals surface area contributed by atoms with Gasteiger partial charge < -0.3 is 14.6 Å². The lowest BCUT2D eigenvalue weighted by Crippen LogP contribution is -2.38. The Morgan fingerprint density at radius 3 is 2.81 bits per heavy atom. The number of rotatable bonds is 4. The molecule has 0 aromatic carbocycles. The average Bonchev–Trinajstić information content (AvgIpc) is 3.47. The Labute approximate surface area is 179 Å². The highest BCUT2D eigenvalue weighted by Crippen LogP contribution is 2.30. The van der Waals surface area contributed by atoms with Crippen molar-refractivity contribution in [3.63, 3.8) is 0 Å². The standard InChI is InChI=1S/C23H27N5O3/c1-14-8-9-19-26-21-18(23(30)27(19)13-14)11-17(20(24)28(21)15-5-2-3-6-15)22(29)25-12-16-7-4-10-31-16/h8-9,11,13,15-16,24H,2-7,10,12H2,1H3,(H,25,29)/t16-/m1/s1. The van der Waals surface area contributed by atoms with Gasteiger partial charge in [0.05, 0.1) is 17.1 Å². The molecule has 8 heteroatoms. The molecule has 1 amide bonds. The molecular formula is C23H27N5O3. The summed E-state index contributed by atoms with van der Waals surface area (Å²) >= 11 is 0. The molecular weight excluding hydrogens is 394 g/mol. The summed E-state index contributed by atoms with van der Waals surface area (Å²) in [5.74, 6) is -0.345. The van der Waals surface area contributed by atoms with Gasteiger partial charge in [-0.2, -0.15) is 0 Å². The van der Waals surface area contributed by atoms with Crippen LogP contribution in [0.2, 0.25) is 0 Å². The number of amides is 1. The zero-order valence-electron chi connectivity index (χ0n) is 17.7. The third-order valence-corrected chi connectivity index (χ3v) is 6.45. The van der Waals surface area contributed by atoms with E-state index in [1.165, 1.54) is 10.5 Å². The van der Waals surface area contributed by atoms with Crippen LogP contribution in [0, 0.1) is 12.3 Å². The molecule has 0 bridgehead atoms. The number of hydrogen-bond acceptors (Lipinski definition) is 5. The zero-order valence-corrected chi connectivity index (χ0v) is 17.7. The highest BCUT2D eigenvalue weighted by Gasteiger charge is 2.25. The summed E-state index contributed by atoms with van der Waals surface area (Å²) in [6.07, 6.45) is 7.67. The maximum atomic E-state index is 13.4. The number of carbonyl (C=O) groups is 1. The fraction of sp³-hybridized carbons (Fsp3) is 0.478. The van der Waals surface area contributed by atoms with Gasteiger partial charge in [0.25, 0.3) is 11.5 Å². The first kappa shape index (κ1) is 19.9. The summed E-state index contributed by atoms with van der Waals surface area (Å²) in [6.45, 7) is 3.05. The number of aryl methyl sites for hydroxylation is 1. The Morgan fingerprint density at radius 1 is 1.26 bits per heavy atom. The molecule has 4 heterocycles. The number of nitrogens with one attached hydrogen (secondary N) is 2. The third-order valence-electron chi connectivity index (χ3n) is 6.45. The van der Waals surface area contributed by atoms with E-state index in [1.54, 1.807) is 6.20 Å². The van der Waals surface area contributed by atoms with Crippen LogP contribution in [0.5, 0.6) is 0 Å². The number of pyridine rings is 2. The van der Waals surface area contributed by atoms with Crippen molar-refractivity contribution in [2.45, 2.75) is 57.6 Å². The number of fused-ring (bicyclic) bond motifs is 2. The van der Waals surface area contributed by atoms with E-state index in [-0.39, 0.29) is 34.7 Å². The Bertz CT molecular complexity index is 1280. The highest BCUT2D eigenvalue weighted by atomic mass is 16.5. The second-order valence-corrected chi connectivity index (χ2v) is 8.65. The first-order chi connectivity index (χ1) is 15.0. The maximum absolute atomic E-state index is 13.4. The van der Waals surface area contributed by atoms with Crippen LogP contribution in [0.25, 0.3) is 16.7 Å². The summed E-state index contributed by atoms with van der Waals surface area (Å²) in [4.78, 5) is 31.1. The van der Waals surface area contributed by atoms with Gasteiger partial charge in [0, 0.05) is 25.4 Å². The van der Waals surface area contributed by atoms with E-state index < -0.39 is 0 Å². The Morgan fingerprint density at radius 2 is 2.06 bits per heavy atom. The van der Waals surface area contributed by atoms with Gasteiger partial charge in [0.2, 0.25) is 0 Å². The topological polar surface area (TPSA) is 101 Å². The number of hydrogen-bond donors (Lipinski definition) is 2. The maximum Gasteiger partial charge on any atom is 0.267 e. The molecule has 1 saturated carbocycles. The monoisotopic (exact) mass is 421 g/mol. The van der Waals surface area contributed by atoms with Gasteiger partial charge in [-0.1, -0.05) is 18.9 Å². The van der Waals surface area contributed by atoms with Crippen LogP contribution in [0.1, 0.15) is 60.5 Å². The fourth-order valence-corrected chi connectivity index (χ4v) is 4.80. The summed E-state index contributed by atoms with van der Waals surface area (Å²) in [7, 11) is 0. The van der Waals surface area contributed by atoms with E-state index in [4.69, 9.17) is 15.1 Å². The second kappa shape index (κ2) is 7.92. The molecule has 2 fully saturated rings. The molecule has 162 valence electrons. The molecule has 3 aromatic rings. The molecule has 8 nitrogen and oxygen atoms in total. The van der Waals surface area contributed by atoms with E-state index in [2.05, 4.69) is 5.32 Å². The fourth-order valence-electron chi connectivity index (χ4n) is 4.80. The van der Waals surface area contributed by atoms with Gasteiger partial charge in [-0.3, -0.25) is 19.4 Å². The molecule has 5 rings (SSSR count). The lowest BCUT2D eigenvalue weighted by atomic mass is 10.1. The summed E-state index contributed by atoms with van der Waals surface area (Å²) in [5.41, 5.74) is 2.09. The molecule has 31 heavy (non-hydrogen) atoms. The zero-order chi connectivity index (χ0) is 21.5. The number of carbonyl (C=O) groups excluding carboxylic acids is 1. The minimum atomic E-state index is -0.345. The first-order valence-corrected chi connectivity index (χ1v) is 11.1. The van der Waals surface area contributed by atoms with Crippen molar-refractivity contribution < 1.29 is 9.53 Å². The van der Waals surface area contributed by atoms with E-state index in [1.807, 2.05) is 23.6 Å². The predicted molar refractivity (Wildman–Crippen MR) is 116 cm³/mol. The molecule has 0 spiro atoms. The molecule has 3 aromatic heterocycles. The van der Waals surface area contributed by atoms with Crippen molar-refractivity contribution in [2.24, 2.45) is 0 Å². The average molecular weight is 422 g/mol. The summed E-state index contributed by atoms with van der Waals surface area (Å²) in [6, 6.07) is 5.35. The molecule has 0 radical (unpaired) electrons. The minimum Gasteiger partial charge on any atom is -0.376 e. The molecule has 2 aliphatic rings. The van der Waals surface area contributed by atoms with E-state index in [9.17, 15) is 9.59 Å². The Kier molecular flexibility index (Phi) is 5.09. The highest BCUT2D eigenvalue weighted by molar-refractivity contribution is 5.96. The van der Waals surface area contributed by atoms with Gasteiger partial charge in [0.15, 0.2) is 0 Å². The van der Waals surface area contributed by atoms with Gasteiger partial charge in [-0.25, -0.2) is 4.98 Å². The largest absolute Gasteiger partial charge is 0.376 e. The lowest BCUT2D eigenvalue weighted by molar-refractivity contribution is 0.0855. The number of ether oxygens (including phenoxy) is 1. The summed E-state index contributed by atoms with van der Waals surface area (Å²) in [5, 5.41) is 12.1. The SMILES string of the molecule is Cc1ccc2nc3c(cc(C(=O)NC[C@H]4CCCO4)c(=N)n3C3CCCC3)c(=O)n2c1. The molecule has 0 unspecified atom stereocenters. The van der Waals surface area contributed by atoms with E-state index in [0.717, 1.165) is 50.7 Å². The predicted octanol–water partition coefficient (Wildman–Crippen LogP) is 2.46. The number of aromatic nitrogens is 3. The first-order valence-electron chi connectivity index (χ1n) is 11.1. The second-order valence-electron chi connectivity index (χ2n) is 8.65. The van der Waals surface area contributed by atoms with Gasteiger partial charge in [-0.05, 0) is 50.3 Å². The lowest BCUT2D eigenvalue weighted by Gasteiger charge is -2.20. The van der Waals surface area contributed by atoms with Crippen LogP contribution < -0.4 is 16.4 Å². The van der Waals surface area contributed by atoms with Crippen LogP contribution in [0.3, 0.4) is 0 Å². The molecule has 1 atom stereocenters. The van der Waals surface area contributed by atoms with Crippen LogP contribution >= 0.6 is 0 Å². The quantitative estimate of drug-likeness (QED) is 0.632. The van der Waals surface area contributed by atoms with Crippen molar-refractivity contribution in [1.82, 2.24) is 19.3 Å². The van der Waals surface area contributed by atoms with Crippen LogP contribution in [-0.2, 0) is 4.74 Å². The number of nitrogens with zero attached hydrogens (tertiary/aromatic N) is 3. The molecule has 1 aliphatic heterocycles. The van der Waals surface area contributed by atoms with E-state index in [0.29, 0.717) is 23.2 Å². The normalized spacial score (nSPS) is 19.5.